The molecule has 0 unspecified atom stereocenters. The number of carbonyl (C=O) groups is 1. The zero-order valence-corrected chi connectivity index (χ0v) is 14.2. The average Bonchev–Trinajstić information content (AvgIpc) is 2.60. The first-order valence-electron chi connectivity index (χ1n) is 7.68. The Balaban J connectivity index is 2.20. The van der Waals surface area contributed by atoms with E-state index in [1.807, 2.05) is 49.4 Å². The van der Waals surface area contributed by atoms with Crippen molar-refractivity contribution in [2.75, 3.05) is 14.2 Å². The number of aryl methyl sites for hydroxylation is 1. The molecule has 0 amide bonds. The highest BCUT2D eigenvalue weighted by Crippen LogP contribution is 2.34. The molecule has 24 heavy (non-hydrogen) atoms. The molecule has 1 aromatic heterocycles. The quantitative estimate of drug-likeness (QED) is 0.667. The summed E-state index contributed by atoms with van der Waals surface area (Å²) in [6.45, 7) is 3.53. The molecule has 0 aliphatic carbocycles. The number of ether oxygens (including phenoxy) is 2. The number of fused-ring (bicyclic) bond motifs is 1. The van der Waals surface area contributed by atoms with Crippen LogP contribution in [0, 0.1) is 6.92 Å². The second-order valence-electron chi connectivity index (χ2n) is 5.66. The molecule has 0 saturated carbocycles. The van der Waals surface area contributed by atoms with E-state index in [4.69, 9.17) is 14.5 Å². The van der Waals surface area contributed by atoms with Gasteiger partial charge in [-0.1, -0.05) is 18.2 Å². The lowest BCUT2D eigenvalue weighted by molar-refractivity contribution is 0.101. The minimum absolute atomic E-state index is 0.0424. The van der Waals surface area contributed by atoms with E-state index in [1.165, 1.54) is 0 Å². The summed E-state index contributed by atoms with van der Waals surface area (Å²) in [6, 6.07) is 13.4. The van der Waals surface area contributed by atoms with Crippen LogP contribution < -0.4 is 9.47 Å². The van der Waals surface area contributed by atoms with Gasteiger partial charge in [0, 0.05) is 22.2 Å². The van der Waals surface area contributed by atoms with E-state index in [0.29, 0.717) is 17.1 Å². The van der Waals surface area contributed by atoms with E-state index in [2.05, 4.69) is 0 Å². The zero-order valence-electron chi connectivity index (χ0n) is 14.2. The van der Waals surface area contributed by atoms with Gasteiger partial charge < -0.3 is 9.47 Å². The number of rotatable bonds is 4. The highest BCUT2D eigenvalue weighted by molar-refractivity contribution is 5.96. The number of aromatic nitrogens is 1. The van der Waals surface area contributed by atoms with Gasteiger partial charge in [-0.25, -0.2) is 0 Å². The number of ketones is 1. The minimum atomic E-state index is 0.0424. The summed E-state index contributed by atoms with van der Waals surface area (Å²) in [5.74, 6) is 1.40. The first-order chi connectivity index (χ1) is 11.5. The second-order valence-corrected chi connectivity index (χ2v) is 5.66. The fourth-order valence-corrected chi connectivity index (χ4v) is 2.79. The van der Waals surface area contributed by atoms with Crippen LogP contribution in [0.5, 0.6) is 11.5 Å². The Morgan fingerprint density at radius 1 is 1.00 bits per heavy atom. The maximum atomic E-state index is 11.6. The molecule has 0 radical (unpaired) electrons. The molecule has 3 aromatic rings. The molecule has 3 rings (SSSR count). The predicted molar refractivity (Wildman–Crippen MR) is 95.0 cm³/mol. The van der Waals surface area contributed by atoms with Crippen molar-refractivity contribution in [3.05, 3.63) is 53.7 Å². The smallest absolute Gasteiger partial charge is 0.161 e. The number of methoxy groups -OCH3 is 2. The molecule has 1 heterocycles. The van der Waals surface area contributed by atoms with E-state index >= 15 is 0 Å². The lowest BCUT2D eigenvalue weighted by Gasteiger charge is -2.12. The third-order valence-corrected chi connectivity index (χ3v) is 4.09. The van der Waals surface area contributed by atoms with Gasteiger partial charge in [-0.05, 0) is 43.5 Å². The fraction of sp³-hybridized carbons (Fsp3) is 0.200. The van der Waals surface area contributed by atoms with Crippen LogP contribution in [-0.2, 0) is 0 Å². The van der Waals surface area contributed by atoms with Crippen molar-refractivity contribution in [3.8, 4) is 22.8 Å². The fourth-order valence-electron chi connectivity index (χ4n) is 2.79. The van der Waals surface area contributed by atoms with Gasteiger partial charge in [0.25, 0.3) is 0 Å². The third-order valence-electron chi connectivity index (χ3n) is 4.09. The Kier molecular flexibility index (Phi) is 4.21. The van der Waals surface area contributed by atoms with Crippen LogP contribution in [-0.4, -0.2) is 25.0 Å². The van der Waals surface area contributed by atoms with Gasteiger partial charge in [-0.2, -0.15) is 0 Å². The monoisotopic (exact) mass is 321 g/mol. The molecule has 0 bridgehead atoms. The molecule has 122 valence electrons. The van der Waals surface area contributed by atoms with E-state index in [1.54, 1.807) is 21.1 Å². The summed E-state index contributed by atoms with van der Waals surface area (Å²) < 4.78 is 10.8. The zero-order chi connectivity index (χ0) is 17.3. The van der Waals surface area contributed by atoms with Crippen molar-refractivity contribution in [2.45, 2.75) is 13.8 Å². The lowest BCUT2D eigenvalue weighted by atomic mass is 10.0. The molecule has 2 aromatic carbocycles. The van der Waals surface area contributed by atoms with Gasteiger partial charge in [0.2, 0.25) is 0 Å². The van der Waals surface area contributed by atoms with Crippen LogP contribution in [0.3, 0.4) is 0 Å². The average molecular weight is 321 g/mol. The molecule has 0 aliphatic heterocycles. The molecular weight excluding hydrogens is 302 g/mol. The number of Topliss-reactive ketones (excluding diaryl/α,β-unsaturated/α-hetero) is 1. The highest BCUT2D eigenvalue weighted by Gasteiger charge is 2.11. The maximum Gasteiger partial charge on any atom is 0.161 e. The van der Waals surface area contributed by atoms with Crippen molar-refractivity contribution in [1.29, 1.82) is 0 Å². The van der Waals surface area contributed by atoms with Gasteiger partial charge in [0.1, 0.15) is 0 Å². The summed E-state index contributed by atoms with van der Waals surface area (Å²) in [4.78, 5) is 16.3. The van der Waals surface area contributed by atoms with Crippen molar-refractivity contribution >= 4 is 16.6 Å². The Hall–Kier alpha value is -2.88. The Morgan fingerprint density at radius 2 is 1.71 bits per heavy atom. The second kappa shape index (κ2) is 6.32. The molecule has 4 heteroatoms. The Morgan fingerprint density at radius 3 is 2.38 bits per heavy atom. The van der Waals surface area contributed by atoms with E-state index < -0.39 is 0 Å². The summed E-state index contributed by atoms with van der Waals surface area (Å²) in [7, 11) is 3.24. The highest BCUT2D eigenvalue weighted by atomic mass is 16.5. The van der Waals surface area contributed by atoms with Crippen LogP contribution in [0.25, 0.3) is 22.0 Å². The molecule has 0 atom stereocenters. The number of carbonyl (C=O) groups excluding carboxylic acids is 1. The first kappa shape index (κ1) is 16.0. The van der Waals surface area contributed by atoms with Gasteiger partial charge >= 0.3 is 0 Å². The maximum absolute atomic E-state index is 11.6. The molecule has 4 nitrogen and oxygen atoms in total. The summed E-state index contributed by atoms with van der Waals surface area (Å²) in [5, 5.41) is 2.03. The minimum Gasteiger partial charge on any atom is -0.493 e. The van der Waals surface area contributed by atoms with Gasteiger partial charge in [-0.3, -0.25) is 9.78 Å². The molecule has 0 saturated heterocycles. The normalized spacial score (nSPS) is 10.7. The molecular formula is C20H19NO3. The largest absolute Gasteiger partial charge is 0.493 e. The van der Waals surface area contributed by atoms with Crippen LogP contribution in [0.4, 0.5) is 0 Å². The van der Waals surface area contributed by atoms with E-state index in [9.17, 15) is 4.79 Å². The van der Waals surface area contributed by atoms with E-state index in [0.717, 1.165) is 27.7 Å². The van der Waals surface area contributed by atoms with Crippen molar-refractivity contribution in [1.82, 2.24) is 4.98 Å². The van der Waals surface area contributed by atoms with E-state index in [-0.39, 0.29) is 5.78 Å². The van der Waals surface area contributed by atoms with Crippen molar-refractivity contribution in [2.24, 2.45) is 0 Å². The van der Waals surface area contributed by atoms with Gasteiger partial charge in [0.15, 0.2) is 17.3 Å². The summed E-state index contributed by atoms with van der Waals surface area (Å²) in [5.41, 5.74) is 3.33. The van der Waals surface area contributed by atoms with Crippen molar-refractivity contribution < 1.29 is 14.3 Å². The number of hydrogen-bond acceptors (Lipinski definition) is 4. The SMILES string of the molecule is COc1cc2cc(-c3cccc(C(C)=O)c3)nc(C)c2cc1OC. The number of pyridine rings is 1. The lowest BCUT2D eigenvalue weighted by Crippen LogP contribution is -1.95. The topological polar surface area (TPSA) is 48.4 Å². The van der Waals surface area contributed by atoms with Crippen LogP contribution >= 0.6 is 0 Å². The Bertz CT molecular complexity index is 932. The van der Waals surface area contributed by atoms with Crippen LogP contribution in [0.15, 0.2) is 42.5 Å². The summed E-state index contributed by atoms with van der Waals surface area (Å²) in [6.07, 6.45) is 0. The summed E-state index contributed by atoms with van der Waals surface area (Å²) >= 11 is 0. The number of nitrogens with zero attached hydrogens (tertiary/aromatic N) is 1. The molecule has 0 spiro atoms. The standard InChI is InChI=1S/C20H19NO3/c1-12-17-11-20(24-4)19(23-3)10-16(17)9-18(21-12)15-7-5-6-14(8-15)13(2)22/h5-11H,1-4H3. The third kappa shape index (κ3) is 2.83. The van der Waals surface area contributed by atoms with Gasteiger partial charge in [-0.15, -0.1) is 0 Å². The molecule has 0 N–H and O–H groups in total. The first-order valence-corrected chi connectivity index (χ1v) is 7.68. The molecule has 0 aliphatic rings. The van der Waals surface area contributed by atoms with Crippen LogP contribution in [0.1, 0.15) is 23.0 Å². The Labute approximate surface area is 141 Å². The number of benzene rings is 2. The van der Waals surface area contributed by atoms with Crippen LogP contribution in [0.2, 0.25) is 0 Å². The number of hydrogen-bond donors (Lipinski definition) is 0. The molecule has 0 fully saturated rings. The van der Waals surface area contributed by atoms with Crippen molar-refractivity contribution in [3.63, 3.8) is 0 Å². The predicted octanol–water partition coefficient (Wildman–Crippen LogP) is 4.43. The van der Waals surface area contributed by atoms with Gasteiger partial charge in [0.05, 0.1) is 19.9 Å².